The molecule has 0 radical (unpaired) electrons. The van der Waals surface area contributed by atoms with Crippen LogP contribution in [-0.4, -0.2) is 55.5 Å². The second-order valence-electron chi connectivity index (χ2n) is 5.42. The van der Waals surface area contributed by atoms with Crippen LogP contribution in [0.5, 0.6) is 0 Å². The number of sulfonamides is 1. The quantitative estimate of drug-likeness (QED) is 0.728. The van der Waals surface area contributed by atoms with Crippen LogP contribution in [0.4, 0.5) is 0 Å². The van der Waals surface area contributed by atoms with Crippen molar-refractivity contribution in [1.82, 2.24) is 4.31 Å². The Morgan fingerprint density at radius 2 is 1.75 bits per heavy atom. The molecule has 6 nitrogen and oxygen atoms in total. The second-order valence-corrected chi connectivity index (χ2v) is 10.4. The van der Waals surface area contributed by atoms with E-state index in [1.165, 1.54) is 4.31 Å². The van der Waals surface area contributed by atoms with Crippen LogP contribution in [0.3, 0.4) is 0 Å². The molecule has 0 aromatic carbocycles. The molecular weight excluding hydrogens is 320 g/mol. The molecular formula is C11H20N2O4S3. The van der Waals surface area contributed by atoms with Gasteiger partial charge in [-0.3, -0.25) is 0 Å². The Balaban J connectivity index is 2.19. The zero-order valence-electron chi connectivity index (χ0n) is 11.2. The fraction of sp³-hybridized carbons (Fsp3) is 0.909. The Bertz CT molecular complexity index is 571. The van der Waals surface area contributed by atoms with Gasteiger partial charge in [-0.25, -0.2) is 16.8 Å². The Kier molecular flexibility index (Phi) is 4.73. The van der Waals surface area contributed by atoms with Crippen LogP contribution in [0.1, 0.15) is 32.1 Å². The third-order valence-electron chi connectivity index (χ3n) is 4.03. The maximum Gasteiger partial charge on any atom is 0.217 e. The van der Waals surface area contributed by atoms with Gasteiger partial charge in [-0.05, 0) is 25.7 Å². The average molecular weight is 340 g/mol. The SMILES string of the molecule is NC(=S)C1CCCCN1S(=O)(=O)C1CCS(=O)(=O)CC1. The van der Waals surface area contributed by atoms with Crippen molar-refractivity contribution in [2.24, 2.45) is 5.73 Å². The van der Waals surface area contributed by atoms with Crippen molar-refractivity contribution >= 4 is 37.1 Å². The summed E-state index contributed by atoms with van der Waals surface area (Å²) in [5, 5.41) is -0.624. The van der Waals surface area contributed by atoms with Gasteiger partial charge in [0.05, 0.1) is 27.8 Å². The highest BCUT2D eigenvalue weighted by Gasteiger charge is 2.41. The molecule has 2 fully saturated rings. The lowest BCUT2D eigenvalue weighted by Gasteiger charge is -2.37. The first-order valence-electron chi connectivity index (χ1n) is 6.74. The summed E-state index contributed by atoms with van der Waals surface area (Å²) in [7, 11) is -6.60. The van der Waals surface area contributed by atoms with E-state index in [2.05, 4.69) is 0 Å². The second kappa shape index (κ2) is 5.86. The fourth-order valence-corrected chi connectivity index (χ4v) is 7.12. The first-order chi connectivity index (χ1) is 9.24. The first kappa shape index (κ1) is 16.1. The van der Waals surface area contributed by atoms with Crippen LogP contribution in [0.15, 0.2) is 0 Å². The summed E-state index contributed by atoms with van der Waals surface area (Å²) < 4.78 is 49.6. The number of hydrogen-bond acceptors (Lipinski definition) is 5. The van der Waals surface area contributed by atoms with Gasteiger partial charge < -0.3 is 5.73 Å². The molecule has 0 spiro atoms. The van der Waals surface area contributed by atoms with Crippen molar-refractivity contribution in [1.29, 1.82) is 0 Å². The van der Waals surface area contributed by atoms with Gasteiger partial charge in [-0.2, -0.15) is 4.31 Å². The van der Waals surface area contributed by atoms with Crippen molar-refractivity contribution in [2.75, 3.05) is 18.1 Å². The topological polar surface area (TPSA) is 97.5 Å². The van der Waals surface area contributed by atoms with Crippen LogP contribution >= 0.6 is 12.2 Å². The van der Waals surface area contributed by atoms with Gasteiger partial charge in [0.1, 0.15) is 9.84 Å². The van der Waals surface area contributed by atoms with E-state index in [1.807, 2.05) is 0 Å². The summed E-state index contributed by atoms with van der Waals surface area (Å²) in [5.41, 5.74) is 5.66. The summed E-state index contributed by atoms with van der Waals surface area (Å²) in [4.78, 5) is 0.205. The number of hydrogen-bond donors (Lipinski definition) is 1. The number of rotatable bonds is 3. The largest absolute Gasteiger partial charge is 0.392 e. The van der Waals surface area contributed by atoms with Crippen LogP contribution in [0.25, 0.3) is 0 Å². The van der Waals surface area contributed by atoms with Gasteiger partial charge in [-0.15, -0.1) is 0 Å². The highest BCUT2D eigenvalue weighted by Crippen LogP contribution is 2.28. The summed E-state index contributed by atoms with van der Waals surface area (Å²) in [6.45, 7) is 0.424. The Morgan fingerprint density at radius 3 is 2.30 bits per heavy atom. The van der Waals surface area contributed by atoms with Crippen molar-refractivity contribution in [2.45, 2.75) is 43.4 Å². The standard InChI is InChI=1S/C11H20N2O4S3/c12-11(18)10-3-1-2-6-13(10)20(16,17)9-4-7-19(14,15)8-5-9/h9-10H,1-8H2,(H2,12,18). The van der Waals surface area contributed by atoms with E-state index in [0.29, 0.717) is 13.0 Å². The van der Waals surface area contributed by atoms with Gasteiger partial charge in [0.25, 0.3) is 0 Å². The Morgan fingerprint density at radius 1 is 1.15 bits per heavy atom. The van der Waals surface area contributed by atoms with E-state index >= 15 is 0 Å². The molecule has 2 N–H and O–H groups in total. The lowest BCUT2D eigenvalue weighted by molar-refractivity contribution is 0.302. The van der Waals surface area contributed by atoms with E-state index in [1.54, 1.807) is 0 Å². The van der Waals surface area contributed by atoms with Crippen LogP contribution in [-0.2, 0) is 19.9 Å². The molecule has 9 heteroatoms. The van der Waals surface area contributed by atoms with E-state index in [9.17, 15) is 16.8 Å². The number of sulfone groups is 1. The summed E-state index contributed by atoms with van der Waals surface area (Å²) in [6.07, 6.45) is 2.70. The summed E-state index contributed by atoms with van der Waals surface area (Å²) >= 11 is 4.98. The van der Waals surface area contributed by atoms with Crippen molar-refractivity contribution in [3.05, 3.63) is 0 Å². The third-order valence-corrected chi connectivity index (χ3v) is 8.42. The first-order valence-corrected chi connectivity index (χ1v) is 10.5. The molecule has 0 saturated carbocycles. The number of nitrogens with zero attached hydrogens (tertiary/aromatic N) is 1. The normalized spacial score (nSPS) is 29.1. The van der Waals surface area contributed by atoms with Gasteiger partial charge in [0, 0.05) is 6.54 Å². The van der Waals surface area contributed by atoms with Crippen molar-refractivity contribution in [3.8, 4) is 0 Å². The minimum Gasteiger partial charge on any atom is -0.392 e. The maximum atomic E-state index is 12.7. The average Bonchev–Trinajstić information content (AvgIpc) is 2.38. The minimum atomic E-state index is -3.53. The van der Waals surface area contributed by atoms with Crippen molar-refractivity contribution in [3.63, 3.8) is 0 Å². The van der Waals surface area contributed by atoms with Gasteiger partial charge >= 0.3 is 0 Å². The van der Waals surface area contributed by atoms with E-state index < -0.39 is 31.2 Å². The zero-order valence-corrected chi connectivity index (χ0v) is 13.6. The van der Waals surface area contributed by atoms with E-state index in [0.717, 1.165) is 12.8 Å². The lowest BCUT2D eigenvalue weighted by Crippen LogP contribution is -2.53. The highest BCUT2D eigenvalue weighted by atomic mass is 32.2. The molecule has 0 aliphatic carbocycles. The third kappa shape index (κ3) is 3.32. The highest BCUT2D eigenvalue weighted by molar-refractivity contribution is 7.92. The fourth-order valence-electron chi connectivity index (χ4n) is 2.85. The van der Waals surface area contributed by atoms with Crippen molar-refractivity contribution < 1.29 is 16.8 Å². The molecule has 20 heavy (non-hydrogen) atoms. The molecule has 1 unspecified atom stereocenters. The van der Waals surface area contributed by atoms with Gasteiger partial charge in [0.2, 0.25) is 10.0 Å². The molecule has 0 bridgehead atoms. The molecule has 1 atom stereocenters. The monoisotopic (exact) mass is 340 g/mol. The number of nitrogens with two attached hydrogens (primary N) is 1. The smallest absolute Gasteiger partial charge is 0.217 e. The van der Waals surface area contributed by atoms with Crippen LogP contribution < -0.4 is 5.73 Å². The lowest BCUT2D eigenvalue weighted by atomic mass is 10.1. The maximum absolute atomic E-state index is 12.7. The van der Waals surface area contributed by atoms with E-state index in [4.69, 9.17) is 18.0 Å². The summed E-state index contributed by atoms with van der Waals surface area (Å²) in [6, 6.07) is -0.415. The molecule has 2 rings (SSSR count). The number of thiocarbonyl (C=S) groups is 1. The predicted octanol–water partition coefficient (Wildman–Crippen LogP) is 0.0340. The van der Waals surface area contributed by atoms with Gasteiger partial charge in [-0.1, -0.05) is 18.6 Å². The zero-order chi connectivity index (χ0) is 15.0. The van der Waals surface area contributed by atoms with Gasteiger partial charge in [0.15, 0.2) is 0 Å². The molecule has 2 saturated heterocycles. The molecule has 116 valence electrons. The van der Waals surface area contributed by atoms with Crippen LogP contribution in [0, 0.1) is 0 Å². The van der Waals surface area contributed by atoms with Crippen LogP contribution in [0.2, 0.25) is 0 Å². The number of piperidine rings is 1. The molecule has 2 aliphatic heterocycles. The Hall–Kier alpha value is -0.250. The predicted molar refractivity (Wildman–Crippen MR) is 81.7 cm³/mol. The molecule has 0 amide bonds. The molecule has 0 aromatic rings. The summed E-state index contributed by atoms with van der Waals surface area (Å²) in [5.74, 6) is -0.106. The Labute approximate surface area is 125 Å². The molecule has 2 heterocycles. The molecule has 0 aromatic heterocycles. The molecule has 2 aliphatic rings. The minimum absolute atomic E-state index is 0.0531. The van der Waals surface area contributed by atoms with E-state index in [-0.39, 0.29) is 29.3 Å².